The van der Waals surface area contributed by atoms with Crippen LogP contribution in [0, 0.1) is 0 Å². The summed E-state index contributed by atoms with van der Waals surface area (Å²) in [5.41, 5.74) is 6.78. The predicted octanol–water partition coefficient (Wildman–Crippen LogP) is 1.10. The minimum Gasteiger partial charge on any atom is -0.493 e. The number of hydrogen-bond donors (Lipinski definition) is 1. The third-order valence-electron chi connectivity index (χ3n) is 2.33. The van der Waals surface area contributed by atoms with Crippen molar-refractivity contribution < 1.29 is 14.2 Å². The molecule has 1 aromatic carbocycles. The molecule has 0 saturated carbocycles. The van der Waals surface area contributed by atoms with Gasteiger partial charge < -0.3 is 19.9 Å². The first-order chi connectivity index (χ1) is 6.77. The number of nitrogens with two attached hydrogens (primary N) is 1. The maximum atomic E-state index is 5.89. The molecule has 76 valence electrons. The normalized spacial score (nSPS) is 18.6. The SMILES string of the molecule is COc1ccc2c(c1OC)[C@@H](N)CO2. The van der Waals surface area contributed by atoms with Gasteiger partial charge in [-0.05, 0) is 12.1 Å². The summed E-state index contributed by atoms with van der Waals surface area (Å²) < 4.78 is 15.8. The van der Waals surface area contributed by atoms with E-state index in [1.807, 2.05) is 12.1 Å². The van der Waals surface area contributed by atoms with E-state index in [4.69, 9.17) is 19.9 Å². The average Bonchev–Trinajstić information content (AvgIpc) is 2.59. The van der Waals surface area contributed by atoms with Crippen LogP contribution in [0.5, 0.6) is 17.2 Å². The number of ether oxygens (including phenoxy) is 3. The molecule has 1 heterocycles. The first-order valence-electron chi connectivity index (χ1n) is 4.41. The van der Waals surface area contributed by atoms with Crippen LogP contribution in [0.4, 0.5) is 0 Å². The Balaban J connectivity index is 2.57. The Morgan fingerprint density at radius 1 is 1.36 bits per heavy atom. The van der Waals surface area contributed by atoms with Gasteiger partial charge in [0.15, 0.2) is 11.5 Å². The van der Waals surface area contributed by atoms with E-state index in [-0.39, 0.29) is 6.04 Å². The second kappa shape index (κ2) is 3.38. The molecule has 1 aliphatic heterocycles. The molecule has 1 aromatic rings. The summed E-state index contributed by atoms with van der Waals surface area (Å²) in [4.78, 5) is 0. The summed E-state index contributed by atoms with van der Waals surface area (Å²) in [6.45, 7) is 0.499. The molecule has 4 heteroatoms. The van der Waals surface area contributed by atoms with Gasteiger partial charge in [0.2, 0.25) is 0 Å². The fourth-order valence-electron chi connectivity index (χ4n) is 1.67. The Bertz CT molecular complexity index is 351. The smallest absolute Gasteiger partial charge is 0.169 e. The monoisotopic (exact) mass is 195 g/mol. The van der Waals surface area contributed by atoms with Crippen molar-refractivity contribution in [1.29, 1.82) is 0 Å². The van der Waals surface area contributed by atoms with Crippen molar-refractivity contribution in [2.45, 2.75) is 6.04 Å². The Morgan fingerprint density at radius 3 is 2.79 bits per heavy atom. The summed E-state index contributed by atoms with van der Waals surface area (Å²) in [6.07, 6.45) is 0. The standard InChI is InChI=1S/C10H13NO3/c1-12-8-4-3-7-9(10(8)13-2)6(11)5-14-7/h3-4,6H,5,11H2,1-2H3/t6-/m0/s1. The summed E-state index contributed by atoms with van der Waals surface area (Å²) in [6, 6.07) is 3.54. The fourth-order valence-corrected chi connectivity index (χ4v) is 1.67. The van der Waals surface area contributed by atoms with Crippen LogP contribution in [-0.4, -0.2) is 20.8 Å². The number of hydrogen-bond acceptors (Lipinski definition) is 4. The highest BCUT2D eigenvalue weighted by atomic mass is 16.5. The zero-order valence-electron chi connectivity index (χ0n) is 8.24. The lowest BCUT2D eigenvalue weighted by atomic mass is 10.1. The molecule has 0 aromatic heterocycles. The van der Waals surface area contributed by atoms with Crippen LogP contribution in [0.2, 0.25) is 0 Å². The second-order valence-electron chi connectivity index (χ2n) is 3.13. The molecule has 0 aliphatic carbocycles. The predicted molar refractivity (Wildman–Crippen MR) is 52.0 cm³/mol. The van der Waals surface area contributed by atoms with E-state index in [0.717, 1.165) is 11.3 Å². The lowest BCUT2D eigenvalue weighted by Crippen LogP contribution is -2.12. The van der Waals surface area contributed by atoms with Crippen molar-refractivity contribution >= 4 is 0 Å². The first-order valence-corrected chi connectivity index (χ1v) is 4.41. The summed E-state index contributed by atoms with van der Waals surface area (Å²) in [5.74, 6) is 2.15. The van der Waals surface area contributed by atoms with Gasteiger partial charge in [0.1, 0.15) is 12.4 Å². The molecule has 0 saturated heterocycles. The van der Waals surface area contributed by atoms with Gasteiger partial charge in [-0.1, -0.05) is 0 Å². The maximum Gasteiger partial charge on any atom is 0.169 e. The molecular weight excluding hydrogens is 182 g/mol. The third-order valence-corrected chi connectivity index (χ3v) is 2.33. The number of methoxy groups -OCH3 is 2. The molecule has 4 nitrogen and oxygen atoms in total. The molecule has 0 fully saturated rings. The van der Waals surface area contributed by atoms with Crippen LogP contribution in [0.25, 0.3) is 0 Å². The number of rotatable bonds is 2. The summed E-state index contributed by atoms with van der Waals surface area (Å²) >= 11 is 0. The van der Waals surface area contributed by atoms with Crippen molar-refractivity contribution in [2.24, 2.45) is 5.73 Å². The minimum atomic E-state index is -0.130. The van der Waals surface area contributed by atoms with E-state index >= 15 is 0 Å². The van der Waals surface area contributed by atoms with Gasteiger partial charge in [0, 0.05) is 0 Å². The van der Waals surface area contributed by atoms with Gasteiger partial charge in [-0.25, -0.2) is 0 Å². The largest absolute Gasteiger partial charge is 0.493 e. The van der Waals surface area contributed by atoms with Gasteiger partial charge in [0.25, 0.3) is 0 Å². The Kier molecular flexibility index (Phi) is 2.21. The molecule has 0 spiro atoms. The highest BCUT2D eigenvalue weighted by Gasteiger charge is 2.27. The average molecular weight is 195 g/mol. The molecule has 1 aliphatic rings. The van der Waals surface area contributed by atoms with E-state index in [9.17, 15) is 0 Å². The van der Waals surface area contributed by atoms with Crippen LogP contribution in [0.15, 0.2) is 12.1 Å². The zero-order chi connectivity index (χ0) is 10.1. The van der Waals surface area contributed by atoms with Gasteiger partial charge in [-0.2, -0.15) is 0 Å². The van der Waals surface area contributed by atoms with Crippen LogP contribution in [0.3, 0.4) is 0 Å². The minimum absolute atomic E-state index is 0.130. The van der Waals surface area contributed by atoms with Crippen LogP contribution in [0.1, 0.15) is 11.6 Å². The number of benzene rings is 1. The van der Waals surface area contributed by atoms with Crippen LogP contribution in [-0.2, 0) is 0 Å². The molecule has 2 rings (SSSR count). The summed E-state index contributed by atoms with van der Waals surface area (Å²) in [7, 11) is 3.20. The van der Waals surface area contributed by atoms with Gasteiger partial charge in [-0.3, -0.25) is 0 Å². The second-order valence-corrected chi connectivity index (χ2v) is 3.13. The summed E-state index contributed by atoms with van der Waals surface area (Å²) in [5, 5.41) is 0. The molecule has 0 radical (unpaired) electrons. The van der Waals surface area contributed by atoms with E-state index in [1.54, 1.807) is 14.2 Å². The molecular formula is C10H13NO3. The Labute approximate surface area is 82.6 Å². The Hall–Kier alpha value is -1.42. The quantitative estimate of drug-likeness (QED) is 0.767. The highest BCUT2D eigenvalue weighted by Crippen LogP contribution is 2.43. The molecule has 14 heavy (non-hydrogen) atoms. The third kappa shape index (κ3) is 1.19. The van der Waals surface area contributed by atoms with E-state index in [1.165, 1.54) is 0 Å². The lowest BCUT2D eigenvalue weighted by Gasteiger charge is -2.12. The molecule has 0 amide bonds. The van der Waals surface area contributed by atoms with Crippen LogP contribution < -0.4 is 19.9 Å². The molecule has 2 N–H and O–H groups in total. The number of fused-ring (bicyclic) bond motifs is 1. The van der Waals surface area contributed by atoms with Crippen molar-refractivity contribution in [2.75, 3.05) is 20.8 Å². The topological polar surface area (TPSA) is 53.7 Å². The molecule has 1 atom stereocenters. The highest BCUT2D eigenvalue weighted by molar-refractivity contribution is 5.56. The van der Waals surface area contributed by atoms with Crippen molar-refractivity contribution in [3.8, 4) is 17.2 Å². The van der Waals surface area contributed by atoms with Gasteiger partial charge in [-0.15, -0.1) is 0 Å². The zero-order valence-corrected chi connectivity index (χ0v) is 8.24. The van der Waals surface area contributed by atoms with E-state index in [2.05, 4.69) is 0 Å². The molecule has 0 bridgehead atoms. The van der Waals surface area contributed by atoms with Crippen molar-refractivity contribution in [3.05, 3.63) is 17.7 Å². The van der Waals surface area contributed by atoms with E-state index < -0.39 is 0 Å². The van der Waals surface area contributed by atoms with Gasteiger partial charge in [0.05, 0.1) is 25.8 Å². The fraction of sp³-hybridized carbons (Fsp3) is 0.400. The Morgan fingerprint density at radius 2 is 2.14 bits per heavy atom. The van der Waals surface area contributed by atoms with E-state index in [0.29, 0.717) is 18.1 Å². The lowest BCUT2D eigenvalue weighted by molar-refractivity contribution is 0.333. The van der Waals surface area contributed by atoms with Crippen molar-refractivity contribution in [3.63, 3.8) is 0 Å². The maximum absolute atomic E-state index is 5.89. The first kappa shape index (κ1) is 9.15. The van der Waals surface area contributed by atoms with Crippen molar-refractivity contribution in [1.82, 2.24) is 0 Å². The molecule has 0 unspecified atom stereocenters. The van der Waals surface area contributed by atoms with Gasteiger partial charge >= 0.3 is 0 Å². The van der Waals surface area contributed by atoms with Crippen LogP contribution >= 0.6 is 0 Å².